The smallest absolute Gasteiger partial charge is 0.239 e. The number of nitrogens with one attached hydrogen (secondary N) is 1. The zero-order valence-electron chi connectivity index (χ0n) is 20.6. The quantitative estimate of drug-likeness (QED) is 0.394. The van der Waals surface area contributed by atoms with Gasteiger partial charge in [-0.1, -0.05) is 18.2 Å². The number of hydrogen-bond donors (Lipinski definition) is 2. The van der Waals surface area contributed by atoms with Crippen LogP contribution in [0.3, 0.4) is 0 Å². The number of aromatic nitrogens is 2. The molecule has 1 unspecified atom stereocenters. The van der Waals surface area contributed by atoms with Crippen molar-refractivity contribution in [3.63, 3.8) is 0 Å². The number of ether oxygens (including phenoxy) is 1. The Kier molecular flexibility index (Phi) is 7.16. The zero-order chi connectivity index (χ0) is 25.9. The van der Waals surface area contributed by atoms with Crippen LogP contribution in [0.1, 0.15) is 16.7 Å². The van der Waals surface area contributed by atoms with Gasteiger partial charge in [0.15, 0.2) is 11.6 Å². The summed E-state index contributed by atoms with van der Waals surface area (Å²) in [6.45, 7) is 5.17. The summed E-state index contributed by atoms with van der Waals surface area (Å²) < 4.78 is 33.9. The van der Waals surface area contributed by atoms with Crippen LogP contribution < -0.4 is 10.5 Å². The molecule has 1 amide bonds. The Morgan fingerprint density at radius 3 is 2.51 bits per heavy atom. The first-order valence-electron chi connectivity index (χ1n) is 12.3. The van der Waals surface area contributed by atoms with E-state index in [1.807, 2.05) is 13.1 Å². The van der Waals surface area contributed by atoms with E-state index in [1.54, 1.807) is 41.4 Å². The van der Waals surface area contributed by atoms with Crippen LogP contribution in [0.2, 0.25) is 0 Å². The lowest BCUT2D eigenvalue weighted by Gasteiger charge is -2.36. The van der Waals surface area contributed by atoms with Crippen molar-refractivity contribution in [1.29, 1.82) is 0 Å². The Morgan fingerprint density at radius 2 is 1.78 bits per heavy atom. The summed E-state index contributed by atoms with van der Waals surface area (Å²) in [6, 6.07) is 12.0. The third-order valence-corrected chi connectivity index (χ3v) is 6.72. The van der Waals surface area contributed by atoms with Crippen LogP contribution in [0.25, 0.3) is 11.0 Å². The van der Waals surface area contributed by atoms with E-state index >= 15 is 0 Å². The Bertz CT molecular complexity index is 1400. The maximum Gasteiger partial charge on any atom is 0.239 e. The molecule has 2 aromatic heterocycles. The lowest BCUT2D eigenvalue weighted by atomic mass is 10.0. The maximum absolute atomic E-state index is 14.9. The number of halogens is 2. The van der Waals surface area contributed by atoms with Crippen molar-refractivity contribution >= 4 is 16.9 Å². The first-order chi connectivity index (χ1) is 17.9. The van der Waals surface area contributed by atoms with Crippen molar-refractivity contribution < 1.29 is 18.3 Å². The van der Waals surface area contributed by atoms with E-state index in [1.165, 1.54) is 18.2 Å². The van der Waals surface area contributed by atoms with Gasteiger partial charge in [0.25, 0.3) is 0 Å². The molecule has 4 aromatic rings. The Labute approximate surface area is 213 Å². The molecule has 1 atom stereocenters. The highest BCUT2D eigenvalue weighted by molar-refractivity contribution is 5.86. The number of carbonyl (C=O) groups is 1. The molecule has 1 aliphatic rings. The Morgan fingerprint density at radius 1 is 1.05 bits per heavy atom. The number of nitrogens with zero attached hydrogens (tertiary/aromatic N) is 3. The summed E-state index contributed by atoms with van der Waals surface area (Å²) in [7, 11) is 0. The highest BCUT2D eigenvalue weighted by Gasteiger charge is 2.26. The van der Waals surface area contributed by atoms with Crippen LogP contribution in [0.15, 0.2) is 60.9 Å². The minimum Gasteiger partial charge on any atom is -0.453 e. The molecule has 37 heavy (non-hydrogen) atoms. The van der Waals surface area contributed by atoms with Crippen LogP contribution in [-0.2, 0) is 17.8 Å². The Hall–Kier alpha value is -3.82. The maximum atomic E-state index is 14.9. The number of H-pyrrole nitrogens is 1. The largest absolute Gasteiger partial charge is 0.453 e. The number of aromatic amines is 1. The molecule has 0 saturated carbocycles. The number of pyridine rings is 1. The standard InChI is InChI=1S/C28H29F2N5O2/c1-18-16-33-27-26(18)25(8-9-32-27)37-24-7-4-20(14-22(24)30)15-23(31)28(36)35-12-10-34(11-13-35)17-19-2-5-21(29)6-3-19/h2-9,14,16,23H,10-13,15,17,31H2,1H3,(H,32,33). The molecule has 0 spiro atoms. The number of hydrogen-bond acceptors (Lipinski definition) is 5. The van der Waals surface area contributed by atoms with Crippen LogP contribution in [0.5, 0.6) is 11.5 Å². The summed E-state index contributed by atoms with van der Waals surface area (Å²) >= 11 is 0. The highest BCUT2D eigenvalue weighted by atomic mass is 19.1. The van der Waals surface area contributed by atoms with Crippen molar-refractivity contribution in [3.05, 3.63) is 89.2 Å². The SMILES string of the molecule is Cc1c[nH]c2nccc(Oc3ccc(CC(N)C(=O)N4CCN(Cc5ccc(F)cc5)CC4)cc3F)c12. The molecule has 1 saturated heterocycles. The van der Waals surface area contributed by atoms with Crippen molar-refractivity contribution in [2.24, 2.45) is 5.73 Å². The van der Waals surface area contributed by atoms with Gasteiger partial charge in [-0.25, -0.2) is 13.8 Å². The van der Waals surface area contributed by atoms with Gasteiger partial charge in [0, 0.05) is 45.1 Å². The predicted molar refractivity (Wildman–Crippen MR) is 137 cm³/mol. The number of benzene rings is 2. The normalized spacial score (nSPS) is 15.2. The lowest BCUT2D eigenvalue weighted by Crippen LogP contribution is -2.53. The molecule has 192 valence electrons. The molecule has 9 heteroatoms. The second kappa shape index (κ2) is 10.7. The molecule has 3 heterocycles. The first-order valence-corrected chi connectivity index (χ1v) is 12.3. The molecule has 3 N–H and O–H groups in total. The molecule has 0 aliphatic carbocycles. The molecule has 5 rings (SSSR count). The van der Waals surface area contributed by atoms with Crippen molar-refractivity contribution in [2.75, 3.05) is 26.2 Å². The summed E-state index contributed by atoms with van der Waals surface area (Å²) in [4.78, 5) is 24.2. The fourth-order valence-electron chi connectivity index (χ4n) is 4.69. The minimum atomic E-state index is -0.767. The van der Waals surface area contributed by atoms with E-state index in [9.17, 15) is 13.6 Å². The highest BCUT2D eigenvalue weighted by Crippen LogP contribution is 2.32. The topological polar surface area (TPSA) is 87.5 Å². The predicted octanol–water partition coefficient (Wildman–Crippen LogP) is 4.16. The fraction of sp³-hybridized carbons (Fsp3) is 0.286. The van der Waals surface area contributed by atoms with Crippen LogP contribution in [0.4, 0.5) is 8.78 Å². The van der Waals surface area contributed by atoms with Crippen molar-refractivity contribution in [1.82, 2.24) is 19.8 Å². The number of amides is 1. The summed E-state index contributed by atoms with van der Waals surface area (Å²) in [6.07, 6.45) is 3.66. The fourth-order valence-corrected chi connectivity index (χ4v) is 4.69. The number of nitrogens with two attached hydrogens (primary N) is 1. The van der Waals surface area contributed by atoms with E-state index < -0.39 is 11.9 Å². The van der Waals surface area contributed by atoms with E-state index in [2.05, 4.69) is 14.9 Å². The average molecular weight is 506 g/mol. The number of fused-ring (bicyclic) bond motifs is 1. The van der Waals surface area contributed by atoms with Gasteiger partial charge in [0.05, 0.1) is 11.4 Å². The molecule has 2 aromatic carbocycles. The van der Waals surface area contributed by atoms with Gasteiger partial charge in [-0.3, -0.25) is 9.69 Å². The van der Waals surface area contributed by atoms with E-state index in [4.69, 9.17) is 10.5 Å². The molecule has 7 nitrogen and oxygen atoms in total. The number of piperazine rings is 1. The second-order valence-corrected chi connectivity index (χ2v) is 9.41. The van der Waals surface area contributed by atoms with Gasteiger partial charge in [-0.2, -0.15) is 0 Å². The molecule has 1 fully saturated rings. The number of rotatable bonds is 7. The lowest BCUT2D eigenvalue weighted by molar-refractivity contribution is -0.134. The minimum absolute atomic E-state index is 0.0917. The number of carbonyl (C=O) groups excluding carboxylic acids is 1. The van der Waals surface area contributed by atoms with Gasteiger partial charge in [0.1, 0.15) is 17.2 Å². The average Bonchev–Trinajstić information content (AvgIpc) is 3.28. The second-order valence-electron chi connectivity index (χ2n) is 9.41. The van der Waals surface area contributed by atoms with Gasteiger partial charge in [-0.05, 0) is 60.4 Å². The van der Waals surface area contributed by atoms with E-state index in [0.717, 1.165) is 16.5 Å². The molecular weight excluding hydrogens is 476 g/mol. The van der Waals surface area contributed by atoms with Gasteiger partial charge in [-0.15, -0.1) is 0 Å². The number of aryl methyl sites for hydroxylation is 1. The monoisotopic (exact) mass is 505 g/mol. The Balaban J connectivity index is 1.16. The molecular formula is C28H29F2N5O2. The first kappa shape index (κ1) is 24.9. The third-order valence-electron chi connectivity index (χ3n) is 6.72. The van der Waals surface area contributed by atoms with Crippen molar-refractivity contribution in [3.8, 4) is 11.5 Å². The van der Waals surface area contributed by atoms with Crippen LogP contribution in [0, 0.1) is 18.6 Å². The third kappa shape index (κ3) is 5.63. The summed E-state index contributed by atoms with van der Waals surface area (Å²) in [5.74, 6) is -0.318. The summed E-state index contributed by atoms with van der Waals surface area (Å²) in [5.41, 5.74) is 9.51. The van der Waals surface area contributed by atoms with Gasteiger partial charge < -0.3 is 20.4 Å². The zero-order valence-corrected chi connectivity index (χ0v) is 20.6. The van der Waals surface area contributed by atoms with Crippen LogP contribution in [-0.4, -0.2) is 57.9 Å². The molecule has 1 aliphatic heterocycles. The van der Waals surface area contributed by atoms with E-state index in [-0.39, 0.29) is 23.9 Å². The molecule has 0 radical (unpaired) electrons. The van der Waals surface area contributed by atoms with Gasteiger partial charge in [0.2, 0.25) is 5.91 Å². The summed E-state index contributed by atoms with van der Waals surface area (Å²) in [5, 5.41) is 0.802. The van der Waals surface area contributed by atoms with E-state index in [0.29, 0.717) is 49.7 Å². The van der Waals surface area contributed by atoms with Crippen LogP contribution >= 0.6 is 0 Å². The van der Waals surface area contributed by atoms with Crippen molar-refractivity contribution in [2.45, 2.75) is 25.9 Å². The molecule has 0 bridgehead atoms. The van der Waals surface area contributed by atoms with Gasteiger partial charge >= 0.3 is 0 Å².